The number of carbonyl (C=O) groups excluding carboxylic acids is 1. The van der Waals surface area contributed by atoms with Gasteiger partial charge >= 0.3 is 0 Å². The second kappa shape index (κ2) is 8.37. The Morgan fingerprint density at radius 2 is 2.21 bits per heavy atom. The maximum atomic E-state index is 12.7. The van der Waals surface area contributed by atoms with Crippen LogP contribution >= 0.6 is 11.6 Å². The lowest BCUT2D eigenvalue weighted by Crippen LogP contribution is -2.33. The summed E-state index contributed by atoms with van der Waals surface area (Å²) in [5.74, 6) is -0.337. The smallest absolute Gasteiger partial charge is 0.288 e. The van der Waals surface area contributed by atoms with Gasteiger partial charge < -0.3 is 9.64 Å². The van der Waals surface area contributed by atoms with Crippen LogP contribution in [0.4, 0.5) is 5.69 Å². The van der Waals surface area contributed by atoms with E-state index in [4.69, 9.17) is 16.3 Å². The Balaban J connectivity index is 2.27. The first-order chi connectivity index (χ1) is 11.5. The SMILES string of the molecule is COCCN(Cc1cccnc1)C(=O)c1ccc(Cl)c([N+](=O)[O-])c1. The molecule has 1 aromatic heterocycles. The molecule has 1 amide bonds. The van der Waals surface area contributed by atoms with Crippen LogP contribution in [0.3, 0.4) is 0 Å². The van der Waals surface area contributed by atoms with E-state index in [1.54, 1.807) is 30.5 Å². The van der Waals surface area contributed by atoms with Crippen LogP contribution < -0.4 is 0 Å². The summed E-state index contributed by atoms with van der Waals surface area (Å²) in [4.78, 5) is 28.7. The van der Waals surface area contributed by atoms with Gasteiger partial charge in [0.1, 0.15) is 5.02 Å². The van der Waals surface area contributed by atoms with Crippen molar-refractivity contribution in [1.29, 1.82) is 0 Å². The van der Waals surface area contributed by atoms with E-state index in [-0.39, 0.29) is 22.2 Å². The van der Waals surface area contributed by atoms with Gasteiger partial charge in [-0.2, -0.15) is 0 Å². The van der Waals surface area contributed by atoms with Gasteiger partial charge in [-0.05, 0) is 23.8 Å². The highest BCUT2D eigenvalue weighted by molar-refractivity contribution is 6.32. The fourth-order valence-corrected chi connectivity index (χ4v) is 2.32. The van der Waals surface area contributed by atoms with Crippen LogP contribution in [0.2, 0.25) is 5.02 Å². The molecule has 1 heterocycles. The van der Waals surface area contributed by atoms with Crippen LogP contribution in [-0.4, -0.2) is 41.0 Å². The minimum absolute atomic E-state index is 0.00718. The number of hydrogen-bond acceptors (Lipinski definition) is 5. The molecule has 7 nitrogen and oxygen atoms in total. The van der Waals surface area contributed by atoms with Gasteiger partial charge in [0, 0.05) is 44.2 Å². The Labute approximate surface area is 144 Å². The first kappa shape index (κ1) is 17.8. The number of aromatic nitrogens is 1. The first-order valence-electron chi connectivity index (χ1n) is 7.14. The molecule has 0 saturated carbocycles. The maximum absolute atomic E-state index is 12.7. The molecule has 0 atom stereocenters. The summed E-state index contributed by atoms with van der Waals surface area (Å²) < 4.78 is 5.04. The molecule has 0 radical (unpaired) electrons. The van der Waals surface area contributed by atoms with Gasteiger partial charge in [-0.3, -0.25) is 19.9 Å². The lowest BCUT2D eigenvalue weighted by Gasteiger charge is -2.22. The van der Waals surface area contributed by atoms with E-state index >= 15 is 0 Å². The van der Waals surface area contributed by atoms with Gasteiger partial charge in [0.05, 0.1) is 11.5 Å². The summed E-state index contributed by atoms with van der Waals surface area (Å²) in [5, 5.41) is 11.0. The number of ether oxygens (including phenoxy) is 1. The second-order valence-corrected chi connectivity index (χ2v) is 5.41. The third-order valence-electron chi connectivity index (χ3n) is 3.34. The second-order valence-electron chi connectivity index (χ2n) is 5.00. The zero-order valence-corrected chi connectivity index (χ0v) is 13.8. The maximum Gasteiger partial charge on any atom is 0.288 e. The molecule has 0 unspecified atom stereocenters. The molecule has 1 aromatic carbocycles. The van der Waals surface area contributed by atoms with E-state index in [1.807, 2.05) is 6.07 Å². The van der Waals surface area contributed by atoms with Crippen molar-refractivity contribution in [2.75, 3.05) is 20.3 Å². The molecule has 0 bridgehead atoms. The summed E-state index contributed by atoms with van der Waals surface area (Å²) in [6.45, 7) is 1.02. The van der Waals surface area contributed by atoms with Crippen LogP contribution in [0.1, 0.15) is 15.9 Å². The minimum Gasteiger partial charge on any atom is -0.383 e. The van der Waals surface area contributed by atoms with Crippen molar-refractivity contribution < 1.29 is 14.5 Å². The van der Waals surface area contributed by atoms with Gasteiger partial charge in [-0.1, -0.05) is 17.7 Å². The van der Waals surface area contributed by atoms with E-state index in [2.05, 4.69) is 4.98 Å². The van der Waals surface area contributed by atoms with Gasteiger partial charge in [0.2, 0.25) is 0 Å². The molecule has 2 aromatic rings. The number of nitrogens with zero attached hydrogens (tertiary/aromatic N) is 3. The van der Waals surface area contributed by atoms with E-state index in [1.165, 1.54) is 18.2 Å². The normalized spacial score (nSPS) is 10.4. The molecule has 0 N–H and O–H groups in total. The highest BCUT2D eigenvalue weighted by atomic mass is 35.5. The fourth-order valence-electron chi connectivity index (χ4n) is 2.13. The van der Waals surface area contributed by atoms with Crippen molar-refractivity contribution in [1.82, 2.24) is 9.88 Å². The number of nitro benzene ring substituents is 1. The van der Waals surface area contributed by atoms with Crippen molar-refractivity contribution >= 4 is 23.2 Å². The number of halogens is 1. The lowest BCUT2D eigenvalue weighted by atomic mass is 10.1. The fraction of sp³-hybridized carbons (Fsp3) is 0.250. The molecule has 0 fully saturated rings. The molecular weight excluding hydrogens is 334 g/mol. The van der Waals surface area contributed by atoms with Gasteiger partial charge in [0.25, 0.3) is 11.6 Å². The molecule has 8 heteroatoms. The zero-order chi connectivity index (χ0) is 17.5. The molecule has 126 valence electrons. The Bertz CT molecular complexity index is 725. The highest BCUT2D eigenvalue weighted by Crippen LogP contribution is 2.25. The van der Waals surface area contributed by atoms with Crippen LogP contribution in [0.15, 0.2) is 42.7 Å². The molecule has 0 saturated heterocycles. The number of rotatable bonds is 7. The lowest BCUT2D eigenvalue weighted by molar-refractivity contribution is -0.384. The van der Waals surface area contributed by atoms with Crippen LogP contribution in [0.25, 0.3) is 0 Å². The molecule has 2 rings (SSSR count). The van der Waals surface area contributed by atoms with Crippen molar-refractivity contribution in [3.05, 3.63) is 69.0 Å². The number of nitro groups is 1. The average Bonchev–Trinajstić information content (AvgIpc) is 2.59. The van der Waals surface area contributed by atoms with Crippen molar-refractivity contribution in [2.45, 2.75) is 6.54 Å². The molecule has 0 aliphatic carbocycles. The topological polar surface area (TPSA) is 85.6 Å². The van der Waals surface area contributed by atoms with Crippen molar-refractivity contribution in [2.24, 2.45) is 0 Å². The Morgan fingerprint density at radius 3 is 2.83 bits per heavy atom. The van der Waals surface area contributed by atoms with Crippen LogP contribution in [-0.2, 0) is 11.3 Å². The number of methoxy groups -OCH3 is 1. The summed E-state index contributed by atoms with van der Waals surface area (Å²) in [7, 11) is 1.54. The van der Waals surface area contributed by atoms with Crippen molar-refractivity contribution in [3.8, 4) is 0 Å². The predicted octanol–water partition coefficient (Wildman–Crippen LogP) is 2.93. The Kier molecular flexibility index (Phi) is 6.22. The molecule has 0 aliphatic heterocycles. The third-order valence-corrected chi connectivity index (χ3v) is 3.66. The Hall–Kier alpha value is -2.51. The monoisotopic (exact) mass is 349 g/mol. The minimum atomic E-state index is -0.611. The summed E-state index contributed by atoms with van der Waals surface area (Å²) in [6.07, 6.45) is 3.31. The third kappa shape index (κ3) is 4.50. The molecule has 0 aliphatic rings. The van der Waals surface area contributed by atoms with Gasteiger partial charge in [0.15, 0.2) is 0 Å². The number of hydrogen-bond donors (Lipinski definition) is 0. The largest absolute Gasteiger partial charge is 0.383 e. The molecule has 0 spiro atoms. The summed E-state index contributed by atoms with van der Waals surface area (Å²) >= 11 is 5.79. The zero-order valence-electron chi connectivity index (χ0n) is 13.0. The average molecular weight is 350 g/mol. The molecular formula is C16H16ClN3O4. The van der Waals surface area contributed by atoms with E-state index in [0.717, 1.165) is 5.56 Å². The number of amides is 1. The number of benzene rings is 1. The van der Waals surface area contributed by atoms with E-state index < -0.39 is 4.92 Å². The summed E-state index contributed by atoms with van der Waals surface area (Å²) in [6, 6.07) is 7.64. The Morgan fingerprint density at radius 1 is 1.42 bits per heavy atom. The predicted molar refractivity (Wildman–Crippen MR) is 89.0 cm³/mol. The van der Waals surface area contributed by atoms with E-state index in [0.29, 0.717) is 19.7 Å². The number of carbonyl (C=O) groups is 1. The highest BCUT2D eigenvalue weighted by Gasteiger charge is 2.20. The quantitative estimate of drug-likeness (QED) is 0.566. The van der Waals surface area contributed by atoms with Crippen molar-refractivity contribution in [3.63, 3.8) is 0 Å². The summed E-state index contributed by atoms with van der Waals surface area (Å²) in [5.41, 5.74) is 0.757. The van der Waals surface area contributed by atoms with E-state index in [9.17, 15) is 14.9 Å². The molecule has 24 heavy (non-hydrogen) atoms. The first-order valence-corrected chi connectivity index (χ1v) is 7.51. The standard InChI is InChI=1S/C16H16ClN3O4/c1-24-8-7-19(11-12-3-2-6-18-10-12)16(21)13-4-5-14(17)15(9-13)20(22)23/h2-6,9-10H,7-8,11H2,1H3. The van der Waals surface area contributed by atoms with Crippen LogP contribution in [0, 0.1) is 10.1 Å². The number of pyridine rings is 1. The van der Waals surface area contributed by atoms with Gasteiger partial charge in [-0.25, -0.2) is 0 Å². The van der Waals surface area contributed by atoms with Crippen LogP contribution in [0.5, 0.6) is 0 Å². The van der Waals surface area contributed by atoms with Gasteiger partial charge in [-0.15, -0.1) is 0 Å².